The zero-order valence-electron chi connectivity index (χ0n) is 14.6. The van der Waals surface area contributed by atoms with Gasteiger partial charge in [-0.25, -0.2) is 0 Å². The molecule has 0 saturated heterocycles. The summed E-state index contributed by atoms with van der Waals surface area (Å²) in [6.45, 7) is 4.39. The second-order valence-electron chi connectivity index (χ2n) is 7.07. The second kappa shape index (κ2) is 5.43. The molecule has 6 heteroatoms. The Hall–Kier alpha value is -2.63. The Balaban J connectivity index is 1.92. The highest BCUT2D eigenvalue weighted by molar-refractivity contribution is 5.88. The van der Waals surface area contributed by atoms with Crippen molar-refractivity contribution < 1.29 is 22.6 Å². The Bertz CT molecular complexity index is 929. The summed E-state index contributed by atoms with van der Waals surface area (Å²) in [4.78, 5) is 0. The number of anilines is 1. The van der Waals surface area contributed by atoms with Crippen molar-refractivity contribution in [2.45, 2.75) is 32.2 Å². The van der Waals surface area contributed by atoms with Gasteiger partial charge < -0.3 is 14.8 Å². The summed E-state index contributed by atoms with van der Waals surface area (Å²) in [5, 5.41) is 3.42. The molecule has 4 rings (SSSR count). The molecule has 0 unspecified atom stereocenters. The zero-order valence-corrected chi connectivity index (χ0v) is 14.6. The van der Waals surface area contributed by atoms with Gasteiger partial charge in [0.1, 0.15) is 18.1 Å². The SMILES string of the molecule is COc1ccc(C(F)(F)F)cc1-c1ccc2c3c1COC3=CC(C)(C)N2. The van der Waals surface area contributed by atoms with Crippen molar-refractivity contribution in [3.05, 3.63) is 53.1 Å². The minimum atomic E-state index is -4.41. The van der Waals surface area contributed by atoms with Gasteiger partial charge in [-0.1, -0.05) is 6.07 Å². The van der Waals surface area contributed by atoms with Crippen LogP contribution in [0.15, 0.2) is 36.4 Å². The van der Waals surface area contributed by atoms with Gasteiger partial charge in [0.05, 0.1) is 18.2 Å². The first-order valence-corrected chi connectivity index (χ1v) is 8.25. The average molecular weight is 361 g/mol. The van der Waals surface area contributed by atoms with Gasteiger partial charge in [0, 0.05) is 22.4 Å². The van der Waals surface area contributed by atoms with Gasteiger partial charge in [0.25, 0.3) is 0 Å². The van der Waals surface area contributed by atoms with Crippen LogP contribution in [0, 0.1) is 0 Å². The Morgan fingerprint density at radius 3 is 2.58 bits per heavy atom. The lowest BCUT2D eigenvalue weighted by Crippen LogP contribution is -2.31. The maximum absolute atomic E-state index is 13.2. The topological polar surface area (TPSA) is 30.5 Å². The van der Waals surface area contributed by atoms with E-state index in [2.05, 4.69) is 5.32 Å². The fourth-order valence-electron chi connectivity index (χ4n) is 3.58. The number of nitrogens with one attached hydrogen (secondary N) is 1. The fourth-order valence-corrected chi connectivity index (χ4v) is 3.58. The first-order valence-electron chi connectivity index (χ1n) is 8.25. The van der Waals surface area contributed by atoms with Gasteiger partial charge in [0.15, 0.2) is 0 Å². The lowest BCUT2D eigenvalue weighted by atomic mass is 9.89. The molecule has 0 aromatic heterocycles. The highest BCUT2D eigenvalue weighted by Crippen LogP contribution is 2.47. The summed E-state index contributed by atoms with van der Waals surface area (Å²) < 4.78 is 50.7. The van der Waals surface area contributed by atoms with Gasteiger partial charge in [-0.2, -0.15) is 13.2 Å². The molecule has 0 fully saturated rings. The summed E-state index contributed by atoms with van der Waals surface area (Å²) in [5.74, 6) is 1.17. The number of methoxy groups -OCH3 is 1. The number of benzene rings is 2. The van der Waals surface area contributed by atoms with E-state index >= 15 is 0 Å². The maximum Gasteiger partial charge on any atom is 0.416 e. The van der Waals surface area contributed by atoms with Crippen LogP contribution in [-0.2, 0) is 17.5 Å². The van der Waals surface area contributed by atoms with E-state index < -0.39 is 11.7 Å². The molecule has 1 N–H and O–H groups in total. The van der Waals surface area contributed by atoms with E-state index in [-0.39, 0.29) is 5.54 Å². The molecule has 0 atom stereocenters. The number of alkyl halides is 3. The van der Waals surface area contributed by atoms with Crippen LogP contribution >= 0.6 is 0 Å². The summed E-state index contributed by atoms with van der Waals surface area (Å²) in [7, 11) is 1.45. The molecular formula is C20H18F3NO2. The third-order valence-electron chi connectivity index (χ3n) is 4.70. The first kappa shape index (κ1) is 16.8. The van der Waals surface area contributed by atoms with Gasteiger partial charge >= 0.3 is 6.18 Å². The molecule has 3 nitrogen and oxygen atoms in total. The number of hydrogen-bond donors (Lipinski definition) is 1. The summed E-state index contributed by atoms with van der Waals surface area (Å²) in [5.41, 5.74) is 2.86. The van der Waals surface area contributed by atoms with Crippen molar-refractivity contribution in [3.8, 4) is 16.9 Å². The molecule has 0 radical (unpaired) electrons. The van der Waals surface area contributed by atoms with Crippen molar-refractivity contribution in [1.82, 2.24) is 0 Å². The van der Waals surface area contributed by atoms with E-state index in [1.165, 1.54) is 13.2 Å². The molecule has 136 valence electrons. The Morgan fingerprint density at radius 1 is 1.12 bits per heavy atom. The lowest BCUT2D eigenvalue weighted by molar-refractivity contribution is -0.137. The van der Waals surface area contributed by atoms with Crippen LogP contribution in [0.4, 0.5) is 18.9 Å². The molecule has 26 heavy (non-hydrogen) atoms. The van der Waals surface area contributed by atoms with Crippen LogP contribution in [-0.4, -0.2) is 12.6 Å². The largest absolute Gasteiger partial charge is 0.496 e. The van der Waals surface area contributed by atoms with Crippen molar-refractivity contribution in [2.24, 2.45) is 0 Å². The van der Waals surface area contributed by atoms with Gasteiger partial charge in [0.2, 0.25) is 0 Å². The third-order valence-corrected chi connectivity index (χ3v) is 4.70. The van der Waals surface area contributed by atoms with Crippen LogP contribution in [0.1, 0.15) is 30.5 Å². The zero-order chi connectivity index (χ0) is 18.7. The van der Waals surface area contributed by atoms with E-state index in [1.54, 1.807) is 0 Å². The highest BCUT2D eigenvalue weighted by atomic mass is 19.4. The van der Waals surface area contributed by atoms with Crippen molar-refractivity contribution in [2.75, 3.05) is 12.4 Å². The third kappa shape index (κ3) is 2.60. The summed E-state index contributed by atoms with van der Waals surface area (Å²) >= 11 is 0. The van der Waals surface area contributed by atoms with Gasteiger partial charge in [-0.05, 0) is 49.8 Å². The molecule has 0 aliphatic carbocycles. The average Bonchev–Trinajstić information content (AvgIpc) is 2.97. The number of ether oxygens (including phenoxy) is 2. The number of rotatable bonds is 2. The van der Waals surface area contributed by atoms with E-state index in [4.69, 9.17) is 9.47 Å². The van der Waals surface area contributed by atoms with E-state index in [1.807, 2.05) is 32.1 Å². The second-order valence-corrected chi connectivity index (χ2v) is 7.07. The molecule has 0 bridgehead atoms. The summed E-state index contributed by atoms with van der Waals surface area (Å²) in [6.07, 6.45) is -2.41. The number of halogens is 3. The van der Waals surface area contributed by atoms with E-state index in [0.717, 1.165) is 34.7 Å². The highest BCUT2D eigenvalue weighted by Gasteiger charge is 2.35. The molecular weight excluding hydrogens is 343 g/mol. The van der Waals surface area contributed by atoms with E-state index in [9.17, 15) is 13.2 Å². The standard InChI is InChI=1S/C20H18F3NO2/c1-19(2)9-17-18-14(10-26-17)12(5-6-15(18)24-19)13-8-11(20(21,22)23)4-7-16(13)25-3/h4-9,24H,10H2,1-3H3. The van der Waals surface area contributed by atoms with E-state index in [0.29, 0.717) is 23.5 Å². The van der Waals surface area contributed by atoms with Crippen LogP contribution in [0.25, 0.3) is 16.9 Å². The first-order chi connectivity index (χ1) is 12.2. The molecule has 2 aromatic rings. The number of hydrogen-bond acceptors (Lipinski definition) is 3. The Kier molecular flexibility index (Phi) is 3.51. The monoisotopic (exact) mass is 361 g/mol. The van der Waals surface area contributed by atoms with Crippen LogP contribution < -0.4 is 10.1 Å². The molecule has 2 aliphatic heterocycles. The van der Waals surface area contributed by atoms with Crippen LogP contribution in [0.5, 0.6) is 5.75 Å². The summed E-state index contributed by atoms with van der Waals surface area (Å²) in [6, 6.07) is 7.24. The van der Waals surface area contributed by atoms with Crippen molar-refractivity contribution in [3.63, 3.8) is 0 Å². The Labute approximate surface area is 149 Å². The molecule has 2 aliphatic rings. The smallest absolute Gasteiger partial charge is 0.416 e. The minimum absolute atomic E-state index is 0.251. The predicted octanol–water partition coefficient (Wildman–Crippen LogP) is 5.46. The van der Waals surface area contributed by atoms with Gasteiger partial charge in [-0.15, -0.1) is 0 Å². The molecule has 0 saturated carbocycles. The van der Waals surface area contributed by atoms with Crippen molar-refractivity contribution >= 4 is 11.4 Å². The minimum Gasteiger partial charge on any atom is -0.496 e. The molecule has 0 amide bonds. The lowest BCUT2D eigenvalue weighted by Gasteiger charge is -2.30. The molecule has 0 spiro atoms. The quantitative estimate of drug-likeness (QED) is 0.771. The van der Waals surface area contributed by atoms with Crippen LogP contribution in [0.2, 0.25) is 0 Å². The van der Waals surface area contributed by atoms with Crippen molar-refractivity contribution in [1.29, 1.82) is 0 Å². The fraction of sp³-hybridized carbons (Fsp3) is 0.300. The predicted molar refractivity (Wildman–Crippen MR) is 93.9 cm³/mol. The normalized spacial score (nSPS) is 17.1. The maximum atomic E-state index is 13.2. The Morgan fingerprint density at radius 2 is 1.88 bits per heavy atom. The van der Waals surface area contributed by atoms with Crippen LogP contribution in [0.3, 0.4) is 0 Å². The molecule has 2 aromatic carbocycles. The molecule has 2 heterocycles. The van der Waals surface area contributed by atoms with Gasteiger partial charge in [-0.3, -0.25) is 0 Å².